The van der Waals surface area contributed by atoms with Crippen molar-refractivity contribution in [2.75, 3.05) is 25.4 Å². The maximum absolute atomic E-state index is 13.3. The van der Waals surface area contributed by atoms with Crippen LogP contribution in [0.3, 0.4) is 0 Å². The Labute approximate surface area is 175 Å². The first-order valence-corrected chi connectivity index (χ1v) is 12.1. The van der Waals surface area contributed by atoms with Crippen LogP contribution in [0.25, 0.3) is 0 Å². The summed E-state index contributed by atoms with van der Waals surface area (Å²) in [6.45, 7) is 6.76. The van der Waals surface area contributed by atoms with Gasteiger partial charge in [-0.2, -0.15) is 9.40 Å². The summed E-state index contributed by atoms with van der Waals surface area (Å²) in [5.41, 5.74) is 2.54. The van der Waals surface area contributed by atoms with Gasteiger partial charge in [0.1, 0.15) is 6.33 Å². The minimum absolute atomic E-state index is 0.0968. The van der Waals surface area contributed by atoms with Gasteiger partial charge in [0.05, 0.1) is 10.8 Å². The highest BCUT2D eigenvalue weighted by molar-refractivity contribution is 7.99. The molecule has 1 aromatic carbocycles. The Morgan fingerprint density at radius 3 is 2.69 bits per heavy atom. The summed E-state index contributed by atoms with van der Waals surface area (Å²) < 4.78 is 28.0. The van der Waals surface area contributed by atoms with Crippen LogP contribution in [0.2, 0.25) is 0 Å². The monoisotopic (exact) mass is 437 g/mol. The van der Waals surface area contributed by atoms with Gasteiger partial charge in [0.15, 0.2) is 5.16 Å². The fourth-order valence-corrected chi connectivity index (χ4v) is 6.38. The summed E-state index contributed by atoms with van der Waals surface area (Å²) in [6, 6.07) is 3.78. The van der Waals surface area contributed by atoms with E-state index in [1.54, 1.807) is 0 Å². The molecule has 2 N–H and O–H groups in total. The topological polar surface area (TPSA) is 108 Å². The van der Waals surface area contributed by atoms with Crippen molar-refractivity contribution in [3.05, 3.63) is 35.2 Å². The molecule has 0 radical (unpaired) electrons. The number of carbonyl (C=O) groups is 1. The van der Waals surface area contributed by atoms with E-state index >= 15 is 0 Å². The largest absolute Gasteiger partial charge is 0.355 e. The molecular weight excluding hydrogens is 410 g/mol. The van der Waals surface area contributed by atoms with Gasteiger partial charge in [-0.3, -0.25) is 9.89 Å². The molecule has 8 nitrogen and oxygen atoms in total. The molecule has 158 valence electrons. The van der Waals surface area contributed by atoms with Crippen LogP contribution in [0, 0.1) is 26.7 Å². The molecule has 0 saturated carbocycles. The molecule has 10 heteroatoms. The minimum atomic E-state index is -3.63. The van der Waals surface area contributed by atoms with Crippen LogP contribution in [0.15, 0.2) is 28.5 Å². The lowest BCUT2D eigenvalue weighted by atomic mass is 9.99. The molecule has 0 spiro atoms. The molecule has 1 atom stereocenters. The zero-order valence-electron chi connectivity index (χ0n) is 16.9. The second kappa shape index (κ2) is 9.27. The number of hydrogen-bond donors (Lipinski definition) is 2. The van der Waals surface area contributed by atoms with Crippen LogP contribution >= 0.6 is 11.8 Å². The van der Waals surface area contributed by atoms with Crippen molar-refractivity contribution in [1.29, 1.82) is 0 Å². The number of nitrogens with one attached hydrogen (secondary N) is 2. The van der Waals surface area contributed by atoms with E-state index in [-0.39, 0.29) is 18.4 Å². The molecule has 0 unspecified atom stereocenters. The molecule has 1 aliphatic rings. The van der Waals surface area contributed by atoms with Crippen LogP contribution in [-0.4, -0.2) is 59.2 Å². The number of benzene rings is 1. The van der Waals surface area contributed by atoms with Crippen molar-refractivity contribution in [3.8, 4) is 0 Å². The molecule has 1 aliphatic heterocycles. The van der Waals surface area contributed by atoms with E-state index in [0.29, 0.717) is 41.7 Å². The van der Waals surface area contributed by atoms with Crippen molar-refractivity contribution < 1.29 is 13.2 Å². The van der Waals surface area contributed by atoms with Gasteiger partial charge >= 0.3 is 0 Å². The second-order valence-corrected chi connectivity index (χ2v) is 10.3. The van der Waals surface area contributed by atoms with Gasteiger partial charge < -0.3 is 5.32 Å². The fourth-order valence-electron chi connectivity index (χ4n) is 3.81. The minimum Gasteiger partial charge on any atom is -0.355 e. The number of sulfonamides is 1. The molecule has 0 aliphatic carbocycles. The Hall–Kier alpha value is -1.91. The number of carbonyl (C=O) groups excluding carboxylic acids is 1. The smallest absolute Gasteiger partial charge is 0.243 e. The lowest BCUT2D eigenvalue weighted by Crippen LogP contribution is -2.46. The Morgan fingerprint density at radius 1 is 1.31 bits per heavy atom. The summed E-state index contributed by atoms with van der Waals surface area (Å²) in [5, 5.41) is 10.2. The summed E-state index contributed by atoms with van der Waals surface area (Å²) in [5.74, 6) is 0.234. The number of rotatable bonds is 7. The molecule has 1 fully saturated rings. The summed E-state index contributed by atoms with van der Waals surface area (Å²) in [7, 11) is -3.63. The third kappa shape index (κ3) is 5.18. The molecule has 2 aromatic rings. The number of aromatic nitrogens is 3. The molecular formula is C19H27N5O3S2. The average Bonchev–Trinajstić information content (AvgIpc) is 3.17. The van der Waals surface area contributed by atoms with Crippen molar-refractivity contribution in [3.63, 3.8) is 0 Å². The summed E-state index contributed by atoms with van der Waals surface area (Å²) in [6.07, 6.45) is 2.81. The van der Waals surface area contributed by atoms with Gasteiger partial charge in [0, 0.05) is 25.4 Å². The Morgan fingerprint density at radius 2 is 2.03 bits per heavy atom. The second-order valence-electron chi connectivity index (χ2n) is 7.36. The van der Waals surface area contributed by atoms with E-state index in [0.717, 1.165) is 16.7 Å². The lowest BCUT2D eigenvalue weighted by molar-refractivity contribution is -0.125. The third-order valence-corrected chi connectivity index (χ3v) is 8.04. The maximum Gasteiger partial charge on any atom is 0.243 e. The number of H-pyrrole nitrogens is 1. The highest BCUT2D eigenvalue weighted by atomic mass is 32.2. The van der Waals surface area contributed by atoms with E-state index in [2.05, 4.69) is 20.5 Å². The number of piperidine rings is 1. The van der Waals surface area contributed by atoms with E-state index in [9.17, 15) is 13.2 Å². The average molecular weight is 438 g/mol. The summed E-state index contributed by atoms with van der Waals surface area (Å²) >= 11 is 1.47. The van der Waals surface area contributed by atoms with Crippen LogP contribution in [0.4, 0.5) is 0 Å². The molecule has 1 saturated heterocycles. The molecule has 2 heterocycles. The highest BCUT2D eigenvalue weighted by Gasteiger charge is 2.34. The van der Waals surface area contributed by atoms with Crippen molar-refractivity contribution in [2.24, 2.45) is 5.92 Å². The molecule has 0 bridgehead atoms. The molecule has 1 amide bonds. The predicted molar refractivity (Wildman–Crippen MR) is 112 cm³/mol. The Bertz CT molecular complexity index is 937. The van der Waals surface area contributed by atoms with Crippen molar-refractivity contribution >= 4 is 27.7 Å². The zero-order chi connectivity index (χ0) is 21.0. The number of hydrogen-bond acceptors (Lipinski definition) is 6. The first-order valence-electron chi connectivity index (χ1n) is 9.63. The predicted octanol–water partition coefficient (Wildman–Crippen LogP) is 2.04. The normalized spacial score (nSPS) is 18.0. The summed E-state index contributed by atoms with van der Waals surface area (Å²) in [4.78, 5) is 17.0. The van der Waals surface area contributed by atoms with E-state index in [4.69, 9.17) is 0 Å². The highest BCUT2D eigenvalue weighted by Crippen LogP contribution is 2.29. The van der Waals surface area contributed by atoms with Gasteiger partial charge in [0.25, 0.3) is 0 Å². The lowest BCUT2D eigenvalue weighted by Gasteiger charge is -2.32. The van der Waals surface area contributed by atoms with Gasteiger partial charge in [-0.1, -0.05) is 29.5 Å². The van der Waals surface area contributed by atoms with E-state index in [1.807, 2.05) is 32.9 Å². The van der Waals surface area contributed by atoms with Gasteiger partial charge in [-0.25, -0.2) is 13.4 Å². The first kappa shape index (κ1) is 21.8. The van der Waals surface area contributed by atoms with Gasteiger partial charge in [-0.05, 0) is 44.7 Å². The fraction of sp³-hybridized carbons (Fsp3) is 0.526. The number of amides is 1. The Kier molecular flexibility index (Phi) is 6.97. The zero-order valence-corrected chi connectivity index (χ0v) is 18.6. The van der Waals surface area contributed by atoms with Gasteiger partial charge in [-0.15, -0.1) is 0 Å². The number of aryl methyl sites for hydroxylation is 3. The van der Waals surface area contributed by atoms with Crippen LogP contribution in [-0.2, 0) is 14.8 Å². The molecule has 1 aromatic heterocycles. The molecule has 29 heavy (non-hydrogen) atoms. The third-order valence-electron chi connectivity index (χ3n) is 4.99. The number of aromatic amines is 1. The first-order chi connectivity index (χ1) is 13.8. The van der Waals surface area contributed by atoms with E-state index in [1.165, 1.54) is 22.4 Å². The molecule has 3 rings (SSSR count). The van der Waals surface area contributed by atoms with Crippen LogP contribution in [0.1, 0.15) is 29.5 Å². The quantitative estimate of drug-likeness (QED) is 0.507. The van der Waals surface area contributed by atoms with E-state index < -0.39 is 10.0 Å². The standard InChI is InChI=1S/C19H27N5O3S2/c1-13-9-14(2)17(15(3)10-13)29(26,27)24-7-4-5-16(11-24)18(25)20-6-8-28-19-21-12-22-23-19/h9-10,12,16H,4-8,11H2,1-3H3,(H,20,25)(H,21,22,23)/t16-/m0/s1. The van der Waals surface area contributed by atoms with Crippen molar-refractivity contribution in [1.82, 2.24) is 24.8 Å². The van der Waals surface area contributed by atoms with Crippen molar-refractivity contribution in [2.45, 2.75) is 43.7 Å². The SMILES string of the molecule is Cc1cc(C)c(S(=O)(=O)N2CCC[C@H](C(=O)NCCSc3ncn[nH]3)C2)c(C)c1. The van der Waals surface area contributed by atoms with Crippen LogP contribution < -0.4 is 5.32 Å². The number of thioether (sulfide) groups is 1. The Balaban J connectivity index is 1.61. The van der Waals surface area contributed by atoms with Gasteiger partial charge in [0.2, 0.25) is 15.9 Å². The maximum atomic E-state index is 13.3. The van der Waals surface area contributed by atoms with Crippen LogP contribution in [0.5, 0.6) is 0 Å². The number of nitrogens with zero attached hydrogens (tertiary/aromatic N) is 3.